The Labute approximate surface area is 270 Å². The first-order valence-electron chi connectivity index (χ1n) is 15.4. The van der Waals surface area contributed by atoms with E-state index < -0.39 is 54.7 Å². The minimum Gasteiger partial charge on any atom is -0.494 e. The first-order valence-corrected chi connectivity index (χ1v) is 15.4. The molecule has 0 aliphatic heterocycles. The van der Waals surface area contributed by atoms with Crippen molar-refractivity contribution in [3.05, 3.63) is 83.7 Å². The number of carbonyl (C=O) groups excluding carboxylic acids is 2. The minimum atomic E-state index is -5.79. The number of esters is 2. The molecular weight excluding hydrogens is 630 g/mol. The van der Waals surface area contributed by atoms with Crippen LogP contribution in [0.3, 0.4) is 0 Å². The molecule has 47 heavy (non-hydrogen) atoms. The molecule has 0 saturated heterocycles. The van der Waals surface area contributed by atoms with Gasteiger partial charge in [-0.15, -0.1) is 0 Å². The number of unbranched alkanes of at least 4 members (excludes halogenated alkanes) is 6. The van der Waals surface area contributed by atoms with Crippen molar-refractivity contribution >= 4 is 11.9 Å². The van der Waals surface area contributed by atoms with Crippen molar-refractivity contribution in [2.45, 2.75) is 77.0 Å². The average Bonchev–Trinajstić information content (AvgIpc) is 3.02. The molecule has 12 heteroatoms. The molecule has 3 aromatic carbocycles. The molecule has 3 aromatic rings. The zero-order valence-electron chi connectivity index (χ0n) is 26.2. The van der Waals surface area contributed by atoms with Crippen LogP contribution in [-0.4, -0.2) is 50.0 Å². The summed E-state index contributed by atoms with van der Waals surface area (Å²) in [6, 6.07) is 17.1. The molecule has 0 fully saturated rings. The van der Waals surface area contributed by atoms with E-state index in [-0.39, 0.29) is 11.3 Å². The zero-order valence-corrected chi connectivity index (χ0v) is 26.2. The fourth-order valence-electron chi connectivity index (χ4n) is 4.40. The van der Waals surface area contributed by atoms with Gasteiger partial charge in [0.25, 0.3) is 0 Å². The van der Waals surface area contributed by atoms with Gasteiger partial charge in [0.2, 0.25) is 0 Å². The molecule has 3 rings (SSSR count). The number of alkyl halides is 5. The van der Waals surface area contributed by atoms with E-state index in [4.69, 9.17) is 14.2 Å². The van der Waals surface area contributed by atoms with Gasteiger partial charge in [0, 0.05) is 6.07 Å². The molecule has 1 atom stereocenters. The lowest BCUT2D eigenvalue weighted by Gasteiger charge is -2.20. The van der Waals surface area contributed by atoms with Gasteiger partial charge in [-0.05, 0) is 60.9 Å². The number of hydrogen-bond acceptors (Lipinski definition) is 6. The smallest absolute Gasteiger partial charge is 0.455 e. The third kappa shape index (κ3) is 11.9. The van der Waals surface area contributed by atoms with Gasteiger partial charge in [-0.2, -0.15) is 22.0 Å². The summed E-state index contributed by atoms with van der Waals surface area (Å²) in [7, 11) is 0. The Kier molecular flexibility index (Phi) is 14.1. The van der Waals surface area contributed by atoms with Gasteiger partial charge in [-0.1, -0.05) is 69.7 Å². The summed E-state index contributed by atoms with van der Waals surface area (Å²) in [5.41, 5.74) is 1.38. The van der Waals surface area contributed by atoms with Crippen molar-refractivity contribution in [3.8, 4) is 22.6 Å². The first-order chi connectivity index (χ1) is 22.3. The fourth-order valence-corrected chi connectivity index (χ4v) is 4.40. The third-order valence-electron chi connectivity index (χ3n) is 7.05. The molecule has 256 valence electrons. The van der Waals surface area contributed by atoms with E-state index in [1.165, 1.54) is 39.0 Å². The lowest BCUT2D eigenvalue weighted by Crippen LogP contribution is -2.41. The predicted octanol–water partition coefficient (Wildman–Crippen LogP) is 9.60. The molecular formula is C35H38F6O6. The van der Waals surface area contributed by atoms with Crippen LogP contribution in [0.1, 0.15) is 79.5 Å². The molecule has 0 heterocycles. The summed E-state index contributed by atoms with van der Waals surface area (Å²) in [5, 5.41) is 0. The summed E-state index contributed by atoms with van der Waals surface area (Å²) in [6.07, 6.45) is 1.40. The van der Waals surface area contributed by atoms with Crippen molar-refractivity contribution in [3.63, 3.8) is 0 Å². The molecule has 6 nitrogen and oxygen atoms in total. The maximum Gasteiger partial charge on any atom is 0.455 e. The van der Waals surface area contributed by atoms with E-state index in [0.29, 0.717) is 6.61 Å². The number of hydrogen-bond donors (Lipinski definition) is 0. The standard InChI is InChI=1S/C35H38F6O6/c1-3-4-5-6-7-8-9-20-45-28-16-14-26(15-17-28)25-10-12-27(13-11-25)32(42)47-29-18-19-30(31(36)21-29)33(43)46-24(2)22-44-23-34(37,38)35(39,40)41/h10-19,21,24H,3-9,20,22-23H2,1-2H3. The van der Waals surface area contributed by atoms with Crippen LogP contribution in [0.4, 0.5) is 26.3 Å². The topological polar surface area (TPSA) is 71.1 Å². The third-order valence-corrected chi connectivity index (χ3v) is 7.05. The van der Waals surface area contributed by atoms with Crippen LogP contribution in [0.15, 0.2) is 66.7 Å². The van der Waals surface area contributed by atoms with Crippen molar-refractivity contribution < 1.29 is 54.9 Å². The molecule has 0 aromatic heterocycles. The van der Waals surface area contributed by atoms with Crippen molar-refractivity contribution in [1.82, 2.24) is 0 Å². The molecule has 0 bridgehead atoms. The van der Waals surface area contributed by atoms with E-state index >= 15 is 0 Å². The van der Waals surface area contributed by atoms with E-state index in [2.05, 4.69) is 11.7 Å². The van der Waals surface area contributed by atoms with E-state index in [1.807, 2.05) is 24.3 Å². The second-order valence-electron chi connectivity index (χ2n) is 11.0. The molecule has 0 aliphatic rings. The van der Waals surface area contributed by atoms with E-state index in [9.17, 15) is 35.9 Å². The van der Waals surface area contributed by atoms with Crippen LogP contribution >= 0.6 is 0 Å². The van der Waals surface area contributed by atoms with Gasteiger partial charge >= 0.3 is 24.0 Å². The Balaban J connectivity index is 1.46. The van der Waals surface area contributed by atoms with Gasteiger partial charge < -0.3 is 18.9 Å². The number of halogens is 6. The molecule has 1 unspecified atom stereocenters. The fraction of sp³-hybridized carbons (Fsp3) is 0.429. The van der Waals surface area contributed by atoms with Crippen molar-refractivity contribution in [2.24, 2.45) is 0 Å². The SMILES string of the molecule is CCCCCCCCCOc1ccc(-c2ccc(C(=O)Oc3ccc(C(=O)OC(C)COCC(F)(F)C(F)(F)F)c(F)c3)cc2)cc1. The molecule has 0 amide bonds. The number of rotatable bonds is 18. The minimum absolute atomic E-state index is 0.192. The summed E-state index contributed by atoms with van der Waals surface area (Å²) >= 11 is 0. The highest BCUT2D eigenvalue weighted by atomic mass is 19.4. The molecule has 0 spiro atoms. The summed E-state index contributed by atoms with van der Waals surface area (Å²) < 4.78 is 97.3. The Morgan fingerprint density at radius 2 is 1.32 bits per heavy atom. The van der Waals surface area contributed by atoms with Crippen LogP contribution in [0.5, 0.6) is 11.5 Å². The highest BCUT2D eigenvalue weighted by molar-refractivity contribution is 5.92. The van der Waals surface area contributed by atoms with Gasteiger partial charge in [0.1, 0.15) is 30.0 Å². The predicted molar refractivity (Wildman–Crippen MR) is 163 cm³/mol. The van der Waals surface area contributed by atoms with Gasteiger partial charge in [-0.25, -0.2) is 14.0 Å². The Morgan fingerprint density at radius 1 is 0.745 bits per heavy atom. The van der Waals surface area contributed by atoms with E-state index in [1.54, 1.807) is 24.3 Å². The molecule has 0 aliphatic carbocycles. The van der Waals surface area contributed by atoms with Crippen molar-refractivity contribution in [2.75, 3.05) is 19.8 Å². The highest BCUT2D eigenvalue weighted by Gasteiger charge is 2.57. The first kappa shape index (κ1) is 37.4. The lowest BCUT2D eigenvalue weighted by atomic mass is 10.0. The van der Waals surface area contributed by atoms with Crippen molar-refractivity contribution in [1.29, 1.82) is 0 Å². The number of carbonyl (C=O) groups is 2. The lowest BCUT2D eigenvalue weighted by molar-refractivity contribution is -0.297. The van der Waals surface area contributed by atoms with Gasteiger partial charge in [0.05, 0.1) is 24.3 Å². The molecule has 0 saturated carbocycles. The van der Waals surface area contributed by atoms with Gasteiger partial charge in [-0.3, -0.25) is 0 Å². The second-order valence-corrected chi connectivity index (χ2v) is 11.0. The summed E-state index contributed by atoms with van der Waals surface area (Å²) in [6.45, 7) is 1.29. The maximum atomic E-state index is 14.6. The number of benzene rings is 3. The second kappa shape index (κ2) is 17.7. The van der Waals surface area contributed by atoms with E-state index in [0.717, 1.165) is 47.9 Å². The number of ether oxygens (including phenoxy) is 4. The average molecular weight is 669 g/mol. The normalized spacial score (nSPS) is 12.4. The molecule has 0 N–H and O–H groups in total. The maximum absolute atomic E-state index is 14.6. The Morgan fingerprint density at radius 3 is 1.91 bits per heavy atom. The van der Waals surface area contributed by atoms with Crippen LogP contribution in [0, 0.1) is 5.82 Å². The van der Waals surface area contributed by atoms with Crippen LogP contribution < -0.4 is 9.47 Å². The summed E-state index contributed by atoms with van der Waals surface area (Å²) in [4.78, 5) is 24.9. The molecule has 0 radical (unpaired) electrons. The van der Waals surface area contributed by atoms with Gasteiger partial charge in [0.15, 0.2) is 0 Å². The zero-order chi connectivity index (χ0) is 34.5. The summed E-state index contributed by atoms with van der Waals surface area (Å²) in [5.74, 6) is -7.61. The van der Waals surface area contributed by atoms with Crippen LogP contribution in [0.2, 0.25) is 0 Å². The van der Waals surface area contributed by atoms with Crippen LogP contribution in [-0.2, 0) is 9.47 Å². The quantitative estimate of drug-likeness (QED) is 0.0582. The largest absolute Gasteiger partial charge is 0.494 e. The van der Waals surface area contributed by atoms with Crippen LogP contribution in [0.25, 0.3) is 11.1 Å². The Bertz CT molecular complexity index is 1420. The monoisotopic (exact) mass is 668 g/mol. The highest BCUT2D eigenvalue weighted by Crippen LogP contribution is 2.35. The Hall–Kier alpha value is -4.06.